The molecule has 2 N–H and O–H groups in total. The number of methoxy groups -OCH3 is 1. The molecule has 0 heterocycles. The summed E-state index contributed by atoms with van der Waals surface area (Å²) in [5, 5.41) is 12.5. The van der Waals surface area contributed by atoms with Gasteiger partial charge in [0.2, 0.25) is 5.91 Å². The van der Waals surface area contributed by atoms with Crippen molar-refractivity contribution < 1.29 is 19.4 Å². The molecule has 0 saturated carbocycles. The summed E-state index contributed by atoms with van der Waals surface area (Å²) in [7, 11) is 1.62. The van der Waals surface area contributed by atoms with Crippen molar-refractivity contribution in [3.63, 3.8) is 0 Å². The third kappa shape index (κ3) is 5.09. The monoisotopic (exact) mass is 369 g/mol. The Morgan fingerprint density at radius 1 is 1.11 bits per heavy atom. The summed E-state index contributed by atoms with van der Waals surface area (Å²) in [6.45, 7) is 3.71. The molecule has 2 rings (SSSR count). The van der Waals surface area contributed by atoms with Crippen molar-refractivity contribution in [3.8, 4) is 5.75 Å². The van der Waals surface area contributed by atoms with Crippen LogP contribution in [0.25, 0.3) is 0 Å². The van der Waals surface area contributed by atoms with E-state index < -0.39 is 11.4 Å². The van der Waals surface area contributed by atoms with Crippen LogP contribution in [0.4, 0.5) is 0 Å². The molecular weight excluding hydrogens is 342 g/mol. The van der Waals surface area contributed by atoms with Gasteiger partial charge >= 0.3 is 5.97 Å². The van der Waals surface area contributed by atoms with Gasteiger partial charge in [0, 0.05) is 13.0 Å². The van der Waals surface area contributed by atoms with Gasteiger partial charge in [0.1, 0.15) is 11.2 Å². The van der Waals surface area contributed by atoms with E-state index in [1.165, 1.54) is 0 Å². The van der Waals surface area contributed by atoms with E-state index in [1.807, 2.05) is 37.3 Å². The van der Waals surface area contributed by atoms with Gasteiger partial charge < -0.3 is 15.2 Å². The van der Waals surface area contributed by atoms with Crippen LogP contribution in [0.5, 0.6) is 5.75 Å². The number of carbonyl (C=O) groups is 2. The maximum atomic E-state index is 12.5. The fraction of sp³-hybridized carbons (Fsp3) is 0.364. The Morgan fingerprint density at radius 2 is 1.74 bits per heavy atom. The van der Waals surface area contributed by atoms with E-state index >= 15 is 0 Å². The molecule has 5 nitrogen and oxygen atoms in total. The average molecular weight is 369 g/mol. The van der Waals surface area contributed by atoms with Crippen molar-refractivity contribution in [3.05, 3.63) is 65.7 Å². The Kier molecular flexibility index (Phi) is 6.99. The number of benzene rings is 2. The van der Waals surface area contributed by atoms with Crippen molar-refractivity contribution >= 4 is 11.9 Å². The van der Waals surface area contributed by atoms with E-state index in [0.717, 1.165) is 17.7 Å². The van der Waals surface area contributed by atoms with Crippen LogP contribution >= 0.6 is 0 Å². The summed E-state index contributed by atoms with van der Waals surface area (Å²) in [6.07, 6.45) is 1.13. The Hall–Kier alpha value is -2.82. The summed E-state index contributed by atoms with van der Waals surface area (Å²) in [6, 6.07) is 16.7. The van der Waals surface area contributed by atoms with Crippen LogP contribution in [0.1, 0.15) is 43.7 Å². The molecule has 2 aromatic carbocycles. The largest absolute Gasteiger partial charge is 0.497 e. The normalized spacial score (nSPS) is 14.0. The zero-order valence-electron chi connectivity index (χ0n) is 16.1. The van der Waals surface area contributed by atoms with Crippen molar-refractivity contribution in [1.82, 2.24) is 5.32 Å². The number of amides is 1. The van der Waals surface area contributed by atoms with Crippen molar-refractivity contribution in [2.75, 3.05) is 13.7 Å². The fourth-order valence-electron chi connectivity index (χ4n) is 3.05. The molecule has 0 aliphatic rings. The predicted octanol–water partition coefficient (Wildman–Crippen LogP) is 3.74. The zero-order valence-corrected chi connectivity index (χ0v) is 16.1. The van der Waals surface area contributed by atoms with Crippen molar-refractivity contribution in [1.29, 1.82) is 0 Å². The van der Waals surface area contributed by atoms with Crippen LogP contribution in [-0.4, -0.2) is 30.6 Å². The Morgan fingerprint density at radius 3 is 2.26 bits per heavy atom. The van der Waals surface area contributed by atoms with Crippen molar-refractivity contribution in [2.45, 2.75) is 38.0 Å². The number of carboxylic acid groups (broad SMARTS) is 1. The first kappa shape index (κ1) is 20.5. The highest BCUT2D eigenvalue weighted by atomic mass is 16.5. The van der Waals surface area contributed by atoms with Crippen LogP contribution < -0.4 is 10.1 Å². The lowest BCUT2D eigenvalue weighted by atomic mass is 9.82. The van der Waals surface area contributed by atoms with Crippen LogP contribution in [0.15, 0.2) is 54.6 Å². The number of ether oxygens (including phenoxy) is 1. The second-order valence-corrected chi connectivity index (χ2v) is 6.86. The van der Waals surface area contributed by atoms with Gasteiger partial charge in [-0.3, -0.25) is 9.59 Å². The lowest BCUT2D eigenvalue weighted by molar-refractivity contribution is -0.143. The molecule has 1 amide bonds. The molecule has 5 heteroatoms. The summed E-state index contributed by atoms with van der Waals surface area (Å²) >= 11 is 0. The quantitative estimate of drug-likeness (QED) is 0.706. The SMILES string of the molecule is CCC(CC(=O)NCC(C)(C(=O)O)c1ccccc1)c1ccc(OC)cc1. The first-order valence-electron chi connectivity index (χ1n) is 9.10. The Balaban J connectivity index is 2.03. The molecule has 2 atom stereocenters. The highest BCUT2D eigenvalue weighted by Gasteiger charge is 2.35. The number of nitrogens with one attached hydrogen (secondary N) is 1. The van der Waals surface area contributed by atoms with Crippen LogP contribution in [0, 0.1) is 0 Å². The van der Waals surface area contributed by atoms with E-state index in [2.05, 4.69) is 5.32 Å². The minimum absolute atomic E-state index is 0.0459. The lowest BCUT2D eigenvalue weighted by Crippen LogP contribution is -2.44. The van der Waals surface area contributed by atoms with E-state index in [1.54, 1.807) is 38.3 Å². The molecule has 0 radical (unpaired) electrons. The van der Waals surface area contributed by atoms with Crippen LogP contribution in [-0.2, 0) is 15.0 Å². The zero-order chi connectivity index (χ0) is 19.9. The maximum absolute atomic E-state index is 12.5. The number of rotatable bonds is 9. The molecule has 0 fully saturated rings. The number of aliphatic carboxylic acids is 1. The molecule has 144 valence electrons. The second kappa shape index (κ2) is 9.21. The lowest BCUT2D eigenvalue weighted by Gasteiger charge is -2.26. The number of carbonyl (C=O) groups excluding carboxylic acids is 1. The van der Waals surface area contributed by atoms with Gasteiger partial charge in [0.15, 0.2) is 0 Å². The minimum atomic E-state index is -1.17. The highest BCUT2D eigenvalue weighted by molar-refractivity contribution is 5.83. The Labute approximate surface area is 160 Å². The van der Waals surface area contributed by atoms with Gasteiger partial charge in [-0.05, 0) is 42.5 Å². The molecule has 0 bridgehead atoms. The van der Waals surface area contributed by atoms with Crippen LogP contribution in [0.2, 0.25) is 0 Å². The molecule has 0 spiro atoms. The first-order chi connectivity index (χ1) is 12.9. The topological polar surface area (TPSA) is 75.6 Å². The number of carboxylic acids is 1. The molecule has 0 aliphatic carbocycles. The van der Waals surface area contributed by atoms with E-state index in [-0.39, 0.29) is 18.4 Å². The highest BCUT2D eigenvalue weighted by Crippen LogP contribution is 2.26. The third-order valence-electron chi connectivity index (χ3n) is 5.03. The molecule has 0 aromatic heterocycles. The summed E-state index contributed by atoms with van der Waals surface area (Å²) in [5.41, 5.74) is 0.566. The molecular formula is C22H27NO4. The summed E-state index contributed by atoms with van der Waals surface area (Å²) < 4.78 is 5.17. The molecule has 0 saturated heterocycles. The van der Waals surface area contributed by atoms with Gasteiger partial charge in [-0.2, -0.15) is 0 Å². The smallest absolute Gasteiger partial charge is 0.315 e. The van der Waals surface area contributed by atoms with E-state index in [9.17, 15) is 14.7 Å². The average Bonchev–Trinajstić information content (AvgIpc) is 2.70. The first-order valence-corrected chi connectivity index (χ1v) is 9.10. The third-order valence-corrected chi connectivity index (χ3v) is 5.03. The predicted molar refractivity (Wildman–Crippen MR) is 105 cm³/mol. The minimum Gasteiger partial charge on any atom is -0.497 e. The fourth-order valence-corrected chi connectivity index (χ4v) is 3.05. The van der Waals surface area contributed by atoms with Gasteiger partial charge in [-0.25, -0.2) is 0 Å². The molecule has 2 unspecified atom stereocenters. The standard InChI is InChI=1S/C22H27NO4/c1-4-16(17-10-12-19(27-3)13-11-17)14-20(24)23-15-22(2,21(25)26)18-8-6-5-7-9-18/h5-13,16H,4,14-15H2,1-3H3,(H,23,24)(H,25,26). The van der Waals surface area contributed by atoms with Gasteiger partial charge in [0.05, 0.1) is 7.11 Å². The summed E-state index contributed by atoms with van der Waals surface area (Å²) in [4.78, 5) is 24.3. The van der Waals surface area contributed by atoms with Crippen molar-refractivity contribution in [2.24, 2.45) is 0 Å². The van der Waals surface area contributed by atoms with Crippen LogP contribution in [0.3, 0.4) is 0 Å². The molecule has 27 heavy (non-hydrogen) atoms. The second-order valence-electron chi connectivity index (χ2n) is 6.86. The van der Waals surface area contributed by atoms with E-state index in [0.29, 0.717) is 12.0 Å². The number of hydrogen-bond donors (Lipinski definition) is 2. The molecule has 0 aliphatic heterocycles. The molecule has 2 aromatic rings. The Bertz CT molecular complexity index is 758. The van der Waals surface area contributed by atoms with E-state index in [4.69, 9.17) is 4.74 Å². The van der Waals surface area contributed by atoms with Gasteiger partial charge in [-0.1, -0.05) is 49.4 Å². The maximum Gasteiger partial charge on any atom is 0.315 e. The van der Waals surface area contributed by atoms with Gasteiger partial charge in [-0.15, -0.1) is 0 Å². The van der Waals surface area contributed by atoms with Gasteiger partial charge in [0.25, 0.3) is 0 Å². The summed E-state index contributed by atoms with van der Waals surface area (Å²) in [5.74, 6) is -0.265. The number of hydrogen-bond acceptors (Lipinski definition) is 3.